The van der Waals surface area contributed by atoms with Gasteiger partial charge in [-0.05, 0) is 18.9 Å². The van der Waals surface area contributed by atoms with Gasteiger partial charge >= 0.3 is 5.97 Å². The van der Waals surface area contributed by atoms with Gasteiger partial charge in [-0.2, -0.15) is 8.75 Å². The van der Waals surface area contributed by atoms with E-state index in [0.29, 0.717) is 29.7 Å². The molecule has 0 unspecified atom stereocenters. The molecule has 8 nitrogen and oxygen atoms in total. The van der Waals surface area contributed by atoms with E-state index in [2.05, 4.69) is 14.1 Å². The highest BCUT2D eigenvalue weighted by atomic mass is 32.1. The van der Waals surface area contributed by atoms with Crippen molar-refractivity contribution in [3.8, 4) is 0 Å². The maximum atomic E-state index is 10.9. The van der Waals surface area contributed by atoms with Crippen LogP contribution < -0.4 is 5.32 Å². The summed E-state index contributed by atoms with van der Waals surface area (Å²) in [6, 6.07) is 3.04. The minimum atomic E-state index is -0.784. The number of non-ortho nitro benzene ring substituents is 1. The van der Waals surface area contributed by atoms with E-state index < -0.39 is 10.9 Å². The lowest BCUT2D eigenvalue weighted by Gasteiger charge is -2.06. The molecule has 0 aliphatic heterocycles. The third kappa shape index (κ3) is 3.85. The Morgan fingerprint density at radius 3 is 2.76 bits per heavy atom. The molecule has 0 aliphatic rings. The van der Waals surface area contributed by atoms with Gasteiger partial charge in [0.1, 0.15) is 5.52 Å². The van der Waals surface area contributed by atoms with Gasteiger partial charge in [-0.3, -0.25) is 14.9 Å². The highest BCUT2D eigenvalue weighted by molar-refractivity contribution is 7.00. The van der Waals surface area contributed by atoms with Gasteiger partial charge in [-0.25, -0.2) is 0 Å². The van der Waals surface area contributed by atoms with Gasteiger partial charge in [0.15, 0.2) is 5.52 Å². The summed E-state index contributed by atoms with van der Waals surface area (Å²) in [6.07, 6.45) is 2.46. The van der Waals surface area contributed by atoms with E-state index >= 15 is 0 Å². The fraction of sp³-hybridized carbons (Fsp3) is 0.417. The van der Waals surface area contributed by atoms with Gasteiger partial charge < -0.3 is 10.4 Å². The van der Waals surface area contributed by atoms with E-state index in [1.165, 1.54) is 6.07 Å². The van der Waals surface area contributed by atoms with E-state index in [0.717, 1.165) is 24.6 Å². The zero-order chi connectivity index (χ0) is 15.2. The second-order valence-corrected chi connectivity index (χ2v) is 5.01. The smallest absolute Gasteiger partial charge is 0.303 e. The average Bonchev–Trinajstić information content (AvgIpc) is 2.91. The Labute approximate surface area is 124 Å². The van der Waals surface area contributed by atoms with E-state index in [1.807, 2.05) is 0 Å². The van der Waals surface area contributed by atoms with Crippen molar-refractivity contribution in [1.82, 2.24) is 8.75 Å². The quantitative estimate of drug-likeness (QED) is 0.437. The second kappa shape index (κ2) is 6.93. The normalized spacial score (nSPS) is 10.7. The third-order valence-electron chi connectivity index (χ3n) is 2.97. The van der Waals surface area contributed by atoms with Crippen LogP contribution in [-0.2, 0) is 4.79 Å². The highest BCUT2D eigenvalue weighted by Crippen LogP contribution is 2.29. The lowest BCUT2D eigenvalue weighted by atomic mass is 10.2. The number of nitrogens with zero attached hydrogens (tertiary/aromatic N) is 3. The van der Waals surface area contributed by atoms with Gasteiger partial charge in [0.2, 0.25) is 0 Å². The minimum Gasteiger partial charge on any atom is -0.481 e. The standard InChI is InChI=1S/C12H14N4O4S/c17-10(18)4-2-1-3-7-13-8-5-6-9(16(19)20)12-11(8)14-21-15-12/h5-6,13H,1-4,7H2,(H,17,18). The lowest BCUT2D eigenvalue weighted by molar-refractivity contribution is -0.383. The number of hydrogen-bond acceptors (Lipinski definition) is 7. The van der Waals surface area contributed by atoms with Crippen molar-refractivity contribution in [2.24, 2.45) is 0 Å². The Morgan fingerprint density at radius 2 is 2.05 bits per heavy atom. The van der Waals surface area contributed by atoms with Crippen molar-refractivity contribution in [2.45, 2.75) is 25.7 Å². The van der Waals surface area contributed by atoms with Crippen LogP contribution in [0.5, 0.6) is 0 Å². The van der Waals surface area contributed by atoms with Gasteiger partial charge in [-0.15, -0.1) is 0 Å². The maximum absolute atomic E-state index is 10.9. The molecule has 0 saturated carbocycles. The lowest BCUT2D eigenvalue weighted by Crippen LogP contribution is -2.03. The van der Waals surface area contributed by atoms with Crippen LogP contribution in [0, 0.1) is 10.1 Å². The zero-order valence-electron chi connectivity index (χ0n) is 11.1. The molecule has 0 aliphatic carbocycles. The molecule has 1 heterocycles. The van der Waals surface area contributed by atoms with Gasteiger partial charge in [-0.1, -0.05) is 6.42 Å². The monoisotopic (exact) mass is 310 g/mol. The minimum absolute atomic E-state index is 0.0502. The van der Waals surface area contributed by atoms with Crippen molar-refractivity contribution < 1.29 is 14.8 Å². The maximum Gasteiger partial charge on any atom is 0.303 e. The number of unbranched alkanes of at least 4 members (excludes halogenated alkanes) is 2. The van der Waals surface area contributed by atoms with Crippen LogP contribution in [0.1, 0.15) is 25.7 Å². The molecular weight excluding hydrogens is 296 g/mol. The summed E-state index contributed by atoms with van der Waals surface area (Å²) in [5, 5.41) is 22.6. The van der Waals surface area contributed by atoms with E-state index in [-0.39, 0.29) is 12.1 Å². The molecule has 112 valence electrons. The molecule has 2 N–H and O–H groups in total. The van der Waals surface area contributed by atoms with Crippen LogP contribution in [0.15, 0.2) is 12.1 Å². The molecule has 0 bridgehead atoms. The van der Waals surface area contributed by atoms with Crippen molar-refractivity contribution >= 4 is 40.1 Å². The fourth-order valence-corrected chi connectivity index (χ4v) is 2.51. The number of benzene rings is 1. The SMILES string of the molecule is O=C(O)CCCCCNc1ccc([N+](=O)[O-])c2nsnc12. The number of aliphatic carboxylic acids is 1. The molecule has 0 amide bonds. The molecule has 0 atom stereocenters. The van der Waals surface area contributed by atoms with E-state index in [9.17, 15) is 14.9 Å². The molecular formula is C12H14N4O4S. The molecule has 2 rings (SSSR count). The molecule has 1 aromatic carbocycles. The number of rotatable bonds is 8. The van der Waals surface area contributed by atoms with Crippen molar-refractivity contribution in [3.63, 3.8) is 0 Å². The van der Waals surface area contributed by atoms with Crippen LogP contribution in [0.25, 0.3) is 11.0 Å². The van der Waals surface area contributed by atoms with Crippen molar-refractivity contribution in [2.75, 3.05) is 11.9 Å². The summed E-state index contributed by atoms with van der Waals surface area (Å²) in [7, 11) is 0. The summed E-state index contributed by atoms with van der Waals surface area (Å²) in [5.41, 5.74) is 1.45. The summed E-state index contributed by atoms with van der Waals surface area (Å²) < 4.78 is 8.05. The molecule has 0 fully saturated rings. The van der Waals surface area contributed by atoms with E-state index in [1.54, 1.807) is 6.07 Å². The Bertz CT molecular complexity index is 658. The molecule has 2 aromatic rings. The summed E-state index contributed by atoms with van der Waals surface area (Å²) >= 11 is 0.939. The predicted octanol–water partition coefficient (Wildman–Crippen LogP) is 2.66. The fourth-order valence-electron chi connectivity index (χ4n) is 1.94. The Morgan fingerprint density at radius 1 is 1.29 bits per heavy atom. The number of aromatic nitrogens is 2. The number of nitro groups is 1. The van der Waals surface area contributed by atoms with Gasteiger partial charge in [0, 0.05) is 19.0 Å². The number of hydrogen-bond donors (Lipinski definition) is 2. The number of carbonyl (C=O) groups is 1. The number of anilines is 1. The van der Waals surface area contributed by atoms with E-state index in [4.69, 9.17) is 5.11 Å². The second-order valence-electron chi connectivity index (χ2n) is 4.48. The number of carboxylic acids is 1. The largest absolute Gasteiger partial charge is 0.481 e. The molecule has 0 saturated heterocycles. The topological polar surface area (TPSA) is 118 Å². The average molecular weight is 310 g/mol. The highest BCUT2D eigenvalue weighted by Gasteiger charge is 2.17. The first kappa shape index (κ1) is 15.1. The molecule has 1 aromatic heterocycles. The number of nitrogens with one attached hydrogen (secondary N) is 1. The first-order chi connectivity index (χ1) is 10.1. The molecule has 9 heteroatoms. The van der Waals surface area contributed by atoms with Crippen molar-refractivity contribution in [3.05, 3.63) is 22.2 Å². The molecule has 0 spiro atoms. The van der Waals surface area contributed by atoms with Crippen LogP contribution in [0.2, 0.25) is 0 Å². The van der Waals surface area contributed by atoms with Crippen LogP contribution in [-0.4, -0.2) is 31.3 Å². The van der Waals surface area contributed by atoms with Crippen LogP contribution in [0.3, 0.4) is 0 Å². The Hall–Kier alpha value is -2.29. The number of fused-ring (bicyclic) bond motifs is 1. The van der Waals surface area contributed by atoms with Crippen LogP contribution in [0.4, 0.5) is 11.4 Å². The molecule has 0 radical (unpaired) electrons. The Kier molecular flexibility index (Phi) is 4.99. The van der Waals surface area contributed by atoms with Crippen molar-refractivity contribution in [1.29, 1.82) is 0 Å². The Balaban J connectivity index is 1.94. The van der Waals surface area contributed by atoms with Crippen LogP contribution >= 0.6 is 11.7 Å². The molecule has 21 heavy (non-hydrogen) atoms. The summed E-state index contributed by atoms with van der Waals surface area (Å²) in [4.78, 5) is 20.8. The third-order valence-corrected chi connectivity index (χ3v) is 3.50. The first-order valence-corrected chi connectivity index (χ1v) is 7.18. The predicted molar refractivity (Wildman–Crippen MR) is 78.7 cm³/mol. The summed E-state index contributed by atoms with van der Waals surface area (Å²) in [5.74, 6) is -0.784. The number of carboxylic acid groups (broad SMARTS) is 1. The number of nitro benzene ring substituents is 1. The van der Waals surface area contributed by atoms with Gasteiger partial charge in [0.25, 0.3) is 5.69 Å². The van der Waals surface area contributed by atoms with Gasteiger partial charge in [0.05, 0.1) is 22.3 Å². The zero-order valence-corrected chi connectivity index (χ0v) is 11.9. The summed E-state index contributed by atoms with van der Waals surface area (Å²) in [6.45, 7) is 0.657. The first-order valence-electron chi connectivity index (χ1n) is 6.45.